The molecule has 0 amide bonds. The van der Waals surface area contributed by atoms with E-state index in [1.165, 1.54) is 11.5 Å². The van der Waals surface area contributed by atoms with E-state index in [1.807, 2.05) is 6.92 Å². The second-order valence-corrected chi connectivity index (χ2v) is 2.13. The number of hydrogen-bond donors (Lipinski definition) is 1. The minimum Gasteiger partial charge on any atom is -0.463 e. The Kier molecular flexibility index (Phi) is 6.38. The second kappa shape index (κ2) is 6.68. The lowest BCUT2D eigenvalue weighted by Crippen LogP contribution is -2.01. The molecule has 2 nitrogen and oxygen atoms in total. The first-order chi connectivity index (χ1) is 4.81. The molecule has 0 aliphatic rings. The number of carbonyl (C=O) groups is 1. The van der Waals surface area contributed by atoms with Crippen LogP contribution in [-0.4, -0.2) is 12.6 Å². The maximum absolute atomic E-state index is 10.6. The van der Waals surface area contributed by atoms with Crippen LogP contribution in [0, 0.1) is 0 Å². The van der Waals surface area contributed by atoms with Gasteiger partial charge in [-0.05, 0) is 11.8 Å². The van der Waals surface area contributed by atoms with E-state index >= 15 is 0 Å². The van der Waals surface area contributed by atoms with Gasteiger partial charge in [0.1, 0.15) is 0 Å². The summed E-state index contributed by atoms with van der Waals surface area (Å²) in [7, 11) is 0. The number of esters is 1. The number of carbonyl (C=O) groups excluding carboxylic acids is 1. The monoisotopic (exact) mass is 160 g/mol. The highest BCUT2D eigenvalue weighted by molar-refractivity contribution is 7.83. The van der Waals surface area contributed by atoms with E-state index < -0.39 is 0 Å². The first-order valence-corrected chi connectivity index (χ1v) is 3.80. The van der Waals surface area contributed by atoms with Crippen LogP contribution in [0.4, 0.5) is 0 Å². The molecule has 0 unspecified atom stereocenters. The summed E-state index contributed by atoms with van der Waals surface area (Å²) in [5.41, 5.74) is 0. The molecule has 0 aromatic heterocycles. The normalized spacial score (nSPS) is 10.2. The van der Waals surface area contributed by atoms with Crippen molar-refractivity contribution in [2.24, 2.45) is 0 Å². The quantitative estimate of drug-likeness (QED) is 0.293. The smallest absolute Gasteiger partial charge is 0.331 e. The number of thiol groups is 1. The Hall–Kier alpha value is -0.440. The fraction of sp³-hybridized carbons (Fsp3) is 0.571. The van der Waals surface area contributed by atoms with Gasteiger partial charge in [-0.1, -0.05) is 13.3 Å². The van der Waals surface area contributed by atoms with Crippen molar-refractivity contribution >= 4 is 18.6 Å². The zero-order valence-corrected chi connectivity index (χ0v) is 6.93. The van der Waals surface area contributed by atoms with Crippen LogP contribution in [0.1, 0.15) is 19.8 Å². The summed E-state index contributed by atoms with van der Waals surface area (Å²) in [5, 5.41) is 1.37. The van der Waals surface area contributed by atoms with Crippen molar-refractivity contribution < 1.29 is 9.53 Å². The average molecular weight is 160 g/mol. The maximum Gasteiger partial charge on any atom is 0.331 e. The van der Waals surface area contributed by atoms with Gasteiger partial charge in [0.2, 0.25) is 0 Å². The van der Waals surface area contributed by atoms with Gasteiger partial charge in [-0.3, -0.25) is 0 Å². The molecule has 0 aromatic carbocycles. The van der Waals surface area contributed by atoms with Gasteiger partial charge in [0.15, 0.2) is 0 Å². The van der Waals surface area contributed by atoms with E-state index in [9.17, 15) is 4.79 Å². The van der Waals surface area contributed by atoms with Gasteiger partial charge < -0.3 is 4.74 Å². The molecule has 0 N–H and O–H groups in total. The third-order valence-electron chi connectivity index (χ3n) is 0.953. The zero-order chi connectivity index (χ0) is 7.82. The Balaban J connectivity index is 3.22. The lowest BCUT2D eigenvalue weighted by molar-refractivity contribution is -0.137. The molecule has 3 heteroatoms. The highest BCUT2D eigenvalue weighted by Gasteiger charge is 1.92. The van der Waals surface area contributed by atoms with Crippen LogP contribution >= 0.6 is 12.6 Å². The van der Waals surface area contributed by atoms with Crippen LogP contribution in [0.15, 0.2) is 11.5 Å². The molecule has 0 rings (SSSR count). The van der Waals surface area contributed by atoms with E-state index in [-0.39, 0.29) is 5.97 Å². The van der Waals surface area contributed by atoms with E-state index in [4.69, 9.17) is 4.74 Å². The Morgan fingerprint density at radius 3 is 2.90 bits per heavy atom. The summed E-state index contributed by atoms with van der Waals surface area (Å²) in [5.74, 6) is -0.316. The first kappa shape index (κ1) is 9.56. The van der Waals surface area contributed by atoms with E-state index in [0.29, 0.717) is 6.61 Å². The average Bonchev–Trinajstić information content (AvgIpc) is 1.89. The van der Waals surface area contributed by atoms with Gasteiger partial charge >= 0.3 is 5.97 Å². The molecule has 0 radical (unpaired) electrons. The predicted octanol–water partition coefficient (Wildman–Crippen LogP) is 1.77. The van der Waals surface area contributed by atoms with Crippen LogP contribution in [0.3, 0.4) is 0 Å². The number of hydrogen-bond acceptors (Lipinski definition) is 3. The molecule has 0 saturated carbocycles. The molecule has 10 heavy (non-hydrogen) atoms. The molecular formula is C7H12O2S. The summed E-state index contributed by atoms with van der Waals surface area (Å²) in [6.07, 6.45) is 3.25. The van der Waals surface area contributed by atoms with Crippen molar-refractivity contribution in [2.45, 2.75) is 19.8 Å². The molecular weight excluding hydrogens is 148 g/mol. The van der Waals surface area contributed by atoms with Crippen molar-refractivity contribution in [3.05, 3.63) is 11.5 Å². The summed E-state index contributed by atoms with van der Waals surface area (Å²) >= 11 is 3.72. The molecule has 0 fully saturated rings. The van der Waals surface area contributed by atoms with Gasteiger partial charge in [-0.25, -0.2) is 4.79 Å². The van der Waals surface area contributed by atoms with Crippen molar-refractivity contribution in [1.82, 2.24) is 0 Å². The van der Waals surface area contributed by atoms with Crippen LogP contribution in [0.25, 0.3) is 0 Å². The third kappa shape index (κ3) is 5.69. The molecule has 58 valence electrons. The molecule has 0 aromatic rings. The topological polar surface area (TPSA) is 26.3 Å². The molecule has 0 aliphatic carbocycles. The summed E-state index contributed by atoms with van der Waals surface area (Å²) in [6.45, 7) is 2.55. The lowest BCUT2D eigenvalue weighted by Gasteiger charge is -1.97. The van der Waals surface area contributed by atoms with E-state index in [0.717, 1.165) is 12.8 Å². The molecule has 0 saturated heterocycles. The van der Waals surface area contributed by atoms with E-state index in [1.54, 1.807) is 0 Å². The minimum absolute atomic E-state index is 0.316. The molecule has 0 spiro atoms. The predicted molar refractivity (Wildman–Crippen MR) is 44.0 cm³/mol. The summed E-state index contributed by atoms with van der Waals surface area (Å²) in [6, 6.07) is 0. The molecule has 0 heterocycles. The minimum atomic E-state index is -0.316. The molecule has 0 aliphatic heterocycles. The number of ether oxygens (including phenoxy) is 1. The Bertz CT molecular complexity index is 121. The molecule has 0 bridgehead atoms. The highest BCUT2D eigenvalue weighted by Crippen LogP contribution is 1.89. The van der Waals surface area contributed by atoms with Crippen molar-refractivity contribution in [3.63, 3.8) is 0 Å². The van der Waals surface area contributed by atoms with Crippen molar-refractivity contribution in [1.29, 1.82) is 0 Å². The Morgan fingerprint density at radius 1 is 1.70 bits per heavy atom. The Labute approximate surface area is 66.7 Å². The fourth-order valence-corrected chi connectivity index (χ4v) is 0.548. The molecule has 0 atom stereocenters. The largest absolute Gasteiger partial charge is 0.463 e. The Morgan fingerprint density at radius 2 is 2.40 bits per heavy atom. The lowest BCUT2D eigenvalue weighted by atomic mass is 10.4. The highest BCUT2D eigenvalue weighted by atomic mass is 32.1. The van der Waals surface area contributed by atoms with Crippen LogP contribution in [-0.2, 0) is 9.53 Å². The zero-order valence-electron chi connectivity index (χ0n) is 6.04. The van der Waals surface area contributed by atoms with Gasteiger partial charge in [0, 0.05) is 6.08 Å². The fourth-order valence-electron chi connectivity index (χ4n) is 0.426. The van der Waals surface area contributed by atoms with Gasteiger partial charge in [0.05, 0.1) is 6.61 Å². The van der Waals surface area contributed by atoms with Crippen LogP contribution in [0.2, 0.25) is 0 Å². The van der Waals surface area contributed by atoms with Gasteiger partial charge in [-0.15, -0.1) is 0 Å². The number of unbranched alkanes of at least 4 members (excludes halogenated alkanes) is 1. The van der Waals surface area contributed by atoms with Gasteiger partial charge in [-0.2, -0.15) is 12.6 Å². The first-order valence-electron chi connectivity index (χ1n) is 3.28. The maximum atomic E-state index is 10.6. The second-order valence-electron chi connectivity index (χ2n) is 1.84. The van der Waals surface area contributed by atoms with Crippen molar-refractivity contribution in [2.75, 3.05) is 6.61 Å². The SMILES string of the molecule is CCCCOC(=O)C=CS. The summed E-state index contributed by atoms with van der Waals surface area (Å²) in [4.78, 5) is 10.6. The standard InChI is InChI=1S/C7H12O2S/c1-2-3-5-9-7(8)4-6-10/h4,6,10H,2-3,5H2,1H3. The van der Waals surface area contributed by atoms with Crippen LogP contribution < -0.4 is 0 Å². The number of rotatable bonds is 4. The van der Waals surface area contributed by atoms with E-state index in [2.05, 4.69) is 12.6 Å². The summed E-state index contributed by atoms with van der Waals surface area (Å²) < 4.78 is 4.75. The van der Waals surface area contributed by atoms with Gasteiger partial charge in [0.25, 0.3) is 0 Å². The van der Waals surface area contributed by atoms with Crippen LogP contribution in [0.5, 0.6) is 0 Å². The third-order valence-corrected chi connectivity index (χ3v) is 1.10. The van der Waals surface area contributed by atoms with Crippen molar-refractivity contribution in [3.8, 4) is 0 Å².